The standard InChI is InChI=1S/C26H27N3/c1-4-12-20(2)29(3)26(28-25(27)22-15-9-6-10-16-22)24-18-11-17-23(19-24)21-13-7-5-8-14-21/h4-11,13-20,27H,1,12H2,2-3H3. The highest BCUT2D eigenvalue weighted by molar-refractivity contribution is 6.10. The molecule has 0 aliphatic carbocycles. The summed E-state index contributed by atoms with van der Waals surface area (Å²) < 4.78 is 0. The van der Waals surface area contributed by atoms with Gasteiger partial charge < -0.3 is 4.90 Å². The number of aliphatic imine (C=N–C) groups is 1. The summed E-state index contributed by atoms with van der Waals surface area (Å²) in [6.45, 7) is 6.01. The van der Waals surface area contributed by atoms with E-state index in [1.165, 1.54) is 0 Å². The summed E-state index contributed by atoms with van der Waals surface area (Å²) in [6, 6.07) is 28.5. The number of nitrogens with one attached hydrogen (secondary N) is 1. The first kappa shape index (κ1) is 20.3. The number of amidine groups is 2. The van der Waals surface area contributed by atoms with Gasteiger partial charge in [-0.05, 0) is 30.5 Å². The minimum absolute atomic E-state index is 0.218. The monoisotopic (exact) mass is 381 g/mol. The van der Waals surface area contributed by atoms with Gasteiger partial charge in [-0.25, -0.2) is 4.99 Å². The zero-order valence-electron chi connectivity index (χ0n) is 17.0. The lowest BCUT2D eigenvalue weighted by atomic mass is 10.0. The van der Waals surface area contributed by atoms with Crippen molar-refractivity contribution in [2.24, 2.45) is 4.99 Å². The van der Waals surface area contributed by atoms with Crippen LogP contribution in [0.2, 0.25) is 0 Å². The van der Waals surface area contributed by atoms with Crippen LogP contribution in [0, 0.1) is 5.41 Å². The van der Waals surface area contributed by atoms with Crippen LogP contribution in [0.15, 0.2) is 103 Å². The third kappa shape index (κ3) is 5.08. The maximum Gasteiger partial charge on any atom is 0.154 e. The summed E-state index contributed by atoms with van der Waals surface area (Å²) in [5.74, 6) is 1.04. The molecular formula is C26H27N3. The zero-order valence-corrected chi connectivity index (χ0v) is 17.0. The fourth-order valence-corrected chi connectivity index (χ4v) is 3.19. The van der Waals surface area contributed by atoms with E-state index in [-0.39, 0.29) is 11.9 Å². The van der Waals surface area contributed by atoms with E-state index in [0.29, 0.717) is 0 Å². The summed E-state index contributed by atoms with van der Waals surface area (Å²) in [7, 11) is 2.03. The van der Waals surface area contributed by atoms with E-state index in [4.69, 9.17) is 10.4 Å². The largest absolute Gasteiger partial charge is 0.356 e. The van der Waals surface area contributed by atoms with Crippen molar-refractivity contribution in [3.8, 4) is 11.1 Å². The van der Waals surface area contributed by atoms with Crippen LogP contribution in [0.1, 0.15) is 24.5 Å². The van der Waals surface area contributed by atoms with Crippen LogP contribution >= 0.6 is 0 Å². The Morgan fingerprint density at radius 2 is 1.52 bits per heavy atom. The normalized spacial score (nSPS) is 12.3. The summed E-state index contributed by atoms with van der Waals surface area (Å²) in [5.41, 5.74) is 4.08. The Balaban J connectivity index is 2.04. The van der Waals surface area contributed by atoms with E-state index in [9.17, 15) is 0 Å². The molecule has 3 aromatic carbocycles. The van der Waals surface area contributed by atoms with Gasteiger partial charge in [0.15, 0.2) is 5.84 Å². The third-order valence-corrected chi connectivity index (χ3v) is 5.00. The number of hydrogen-bond donors (Lipinski definition) is 1. The first-order valence-electron chi connectivity index (χ1n) is 9.82. The Morgan fingerprint density at radius 3 is 2.17 bits per heavy atom. The zero-order chi connectivity index (χ0) is 20.6. The lowest BCUT2D eigenvalue weighted by Crippen LogP contribution is -2.36. The quantitative estimate of drug-likeness (QED) is 0.316. The van der Waals surface area contributed by atoms with Gasteiger partial charge in [-0.3, -0.25) is 5.41 Å². The van der Waals surface area contributed by atoms with Crippen LogP contribution in [0.4, 0.5) is 0 Å². The van der Waals surface area contributed by atoms with E-state index in [2.05, 4.69) is 48.7 Å². The van der Waals surface area contributed by atoms with E-state index >= 15 is 0 Å². The fourth-order valence-electron chi connectivity index (χ4n) is 3.19. The van der Waals surface area contributed by atoms with Crippen LogP contribution < -0.4 is 0 Å². The molecule has 29 heavy (non-hydrogen) atoms. The predicted molar refractivity (Wildman–Crippen MR) is 124 cm³/mol. The Kier molecular flexibility index (Phi) is 6.75. The molecule has 0 bridgehead atoms. The van der Waals surface area contributed by atoms with Crippen LogP contribution in [0.5, 0.6) is 0 Å². The van der Waals surface area contributed by atoms with Crippen molar-refractivity contribution in [3.05, 3.63) is 109 Å². The van der Waals surface area contributed by atoms with Gasteiger partial charge in [0.25, 0.3) is 0 Å². The van der Waals surface area contributed by atoms with Gasteiger partial charge in [0.1, 0.15) is 5.84 Å². The molecule has 3 aromatic rings. The van der Waals surface area contributed by atoms with Crippen LogP contribution in [0.25, 0.3) is 11.1 Å². The molecular weight excluding hydrogens is 354 g/mol. The fraction of sp³-hybridized carbons (Fsp3) is 0.154. The molecule has 0 spiro atoms. The number of rotatable bonds is 6. The van der Waals surface area contributed by atoms with Crippen molar-refractivity contribution < 1.29 is 0 Å². The summed E-state index contributed by atoms with van der Waals surface area (Å²) in [4.78, 5) is 6.87. The second-order valence-electron chi connectivity index (χ2n) is 7.08. The van der Waals surface area contributed by atoms with Gasteiger partial charge in [0.05, 0.1) is 0 Å². The highest BCUT2D eigenvalue weighted by Crippen LogP contribution is 2.22. The lowest BCUT2D eigenvalue weighted by Gasteiger charge is -2.28. The number of hydrogen-bond acceptors (Lipinski definition) is 1. The second-order valence-corrected chi connectivity index (χ2v) is 7.08. The average Bonchev–Trinajstić information content (AvgIpc) is 2.78. The Bertz CT molecular complexity index is 991. The molecule has 3 rings (SSSR count). The molecule has 0 aromatic heterocycles. The lowest BCUT2D eigenvalue weighted by molar-refractivity contribution is 0.394. The Hall–Kier alpha value is -3.46. The molecule has 0 radical (unpaired) electrons. The first-order valence-corrected chi connectivity index (χ1v) is 9.82. The second kappa shape index (κ2) is 9.65. The summed E-state index contributed by atoms with van der Waals surface area (Å²) in [5, 5.41) is 8.53. The molecule has 3 heteroatoms. The van der Waals surface area contributed by atoms with Gasteiger partial charge in [-0.2, -0.15) is 0 Å². The minimum atomic E-state index is 0.218. The SMILES string of the molecule is C=CCC(C)N(C)C(=NC(=N)c1ccccc1)c1cccc(-c2ccccc2)c1. The average molecular weight is 382 g/mol. The van der Waals surface area contributed by atoms with E-state index < -0.39 is 0 Å². The predicted octanol–water partition coefficient (Wildman–Crippen LogP) is 6.02. The highest BCUT2D eigenvalue weighted by Gasteiger charge is 2.17. The van der Waals surface area contributed by atoms with Gasteiger partial charge in [0.2, 0.25) is 0 Å². The van der Waals surface area contributed by atoms with Crippen molar-refractivity contribution >= 4 is 11.7 Å². The molecule has 3 nitrogen and oxygen atoms in total. The first-order chi connectivity index (χ1) is 14.1. The van der Waals surface area contributed by atoms with Gasteiger partial charge >= 0.3 is 0 Å². The molecule has 0 saturated carbocycles. The molecule has 146 valence electrons. The van der Waals surface area contributed by atoms with Gasteiger partial charge in [-0.15, -0.1) is 6.58 Å². The molecule has 0 heterocycles. The molecule has 1 unspecified atom stereocenters. The molecule has 0 aliphatic heterocycles. The van der Waals surface area contributed by atoms with E-state index in [0.717, 1.165) is 34.5 Å². The Morgan fingerprint density at radius 1 is 0.931 bits per heavy atom. The summed E-state index contributed by atoms with van der Waals surface area (Å²) in [6.07, 6.45) is 2.76. The van der Waals surface area contributed by atoms with E-state index in [1.54, 1.807) is 0 Å². The molecule has 0 saturated heterocycles. The van der Waals surface area contributed by atoms with Crippen molar-refractivity contribution in [2.75, 3.05) is 7.05 Å². The molecule has 1 N–H and O–H groups in total. The van der Waals surface area contributed by atoms with Crippen molar-refractivity contribution in [3.63, 3.8) is 0 Å². The van der Waals surface area contributed by atoms with Crippen molar-refractivity contribution in [2.45, 2.75) is 19.4 Å². The number of benzene rings is 3. The minimum Gasteiger partial charge on any atom is -0.356 e. The van der Waals surface area contributed by atoms with Crippen molar-refractivity contribution in [1.82, 2.24) is 4.90 Å². The van der Waals surface area contributed by atoms with Crippen LogP contribution in [-0.4, -0.2) is 29.7 Å². The van der Waals surface area contributed by atoms with Gasteiger partial charge in [0, 0.05) is 24.2 Å². The molecule has 0 aliphatic rings. The topological polar surface area (TPSA) is 39.5 Å². The number of nitrogens with zero attached hydrogens (tertiary/aromatic N) is 2. The highest BCUT2D eigenvalue weighted by atomic mass is 15.2. The van der Waals surface area contributed by atoms with Gasteiger partial charge in [-0.1, -0.05) is 84.9 Å². The smallest absolute Gasteiger partial charge is 0.154 e. The molecule has 1 atom stereocenters. The molecule has 0 amide bonds. The summed E-state index contributed by atoms with van der Waals surface area (Å²) >= 11 is 0. The van der Waals surface area contributed by atoms with Crippen LogP contribution in [0.3, 0.4) is 0 Å². The maximum atomic E-state index is 8.53. The van der Waals surface area contributed by atoms with Crippen molar-refractivity contribution in [1.29, 1.82) is 5.41 Å². The molecule has 0 fully saturated rings. The van der Waals surface area contributed by atoms with Crippen LogP contribution in [-0.2, 0) is 0 Å². The van der Waals surface area contributed by atoms with E-state index in [1.807, 2.05) is 67.7 Å². The Labute approximate surface area is 173 Å². The maximum absolute atomic E-state index is 8.53. The third-order valence-electron chi connectivity index (χ3n) is 5.00.